The number of nitrogens with zero attached hydrogens (tertiary/aromatic N) is 1. The lowest BCUT2D eigenvalue weighted by Crippen LogP contribution is -2.33. The molecule has 2 aliphatic rings. The molecule has 31 heavy (non-hydrogen) atoms. The molecule has 160 valence electrons. The Morgan fingerprint density at radius 1 is 0.806 bits per heavy atom. The Balaban J connectivity index is 0.00000231. The van der Waals surface area contributed by atoms with E-state index in [1.165, 1.54) is 58.7 Å². The van der Waals surface area contributed by atoms with Crippen LogP contribution < -0.4 is 0 Å². The summed E-state index contributed by atoms with van der Waals surface area (Å²) in [6, 6.07) is 28.9. The first-order valence-electron chi connectivity index (χ1n) is 11.2. The molecule has 0 bridgehead atoms. The third kappa shape index (κ3) is 5.09. The highest BCUT2D eigenvalue weighted by molar-refractivity contribution is 7.98. The molecule has 0 radical (unpaired) electrons. The quantitative estimate of drug-likeness (QED) is 0.409. The number of likely N-dealkylation sites (tertiary alicyclic amines) is 1. The summed E-state index contributed by atoms with van der Waals surface area (Å²) in [7, 11) is 0. The Morgan fingerprint density at radius 3 is 2.29 bits per heavy atom. The number of halogens is 1. The van der Waals surface area contributed by atoms with Crippen molar-refractivity contribution in [3.8, 4) is 0 Å². The smallest absolute Gasteiger partial charge is 0.0238 e. The molecule has 0 unspecified atom stereocenters. The zero-order valence-corrected chi connectivity index (χ0v) is 19.5. The topological polar surface area (TPSA) is 3.24 Å². The Kier molecular flexibility index (Phi) is 7.55. The highest BCUT2D eigenvalue weighted by atomic mass is 35.5. The summed E-state index contributed by atoms with van der Waals surface area (Å²) in [5, 5.41) is 0. The molecule has 2 heterocycles. The maximum Gasteiger partial charge on any atom is 0.0238 e. The van der Waals surface area contributed by atoms with E-state index in [9.17, 15) is 0 Å². The predicted molar refractivity (Wildman–Crippen MR) is 136 cm³/mol. The first-order valence-corrected chi connectivity index (χ1v) is 12.1. The highest BCUT2D eigenvalue weighted by Crippen LogP contribution is 2.40. The molecule has 0 spiro atoms. The minimum Gasteiger partial charge on any atom is -0.303 e. The fraction of sp³-hybridized carbons (Fsp3) is 0.286. The van der Waals surface area contributed by atoms with Crippen molar-refractivity contribution in [1.82, 2.24) is 4.90 Å². The van der Waals surface area contributed by atoms with E-state index >= 15 is 0 Å². The third-order valence-corrected chi connectivity index (χ3v) is 7.64. The standard InChI is InChI=1S/C28H29NS.ClH/c1-2-9-22(10-3-1)23-16-19-29(20-17-23)18-8-14-26-25-12-5-4-11-24(25)21-30-28-15-7-6-13-27(26)28;/h1-7,9-15,23H,8,16-21H2;1H/b26-14-;. The lowest BCUT2D eigenvalue weighted by molar-refractivity contribution is 0.216. The van der Waals surface area contributed by atoms with E-state index in [-0.39, 0.29) is 12.4 Å². The predicted octanol–water partition coefficient (Wildman–Crippen LogP) is 7.42. The summed E-state index contributed by atoms with van der Waals surface area (Å²) in [5.74, 6) is 1.79. The molecule has 0 saturated carbocycles. The van der Waals surface area contributed by atoms with Crippen LogP contribution in [0.25, 0.3) is 5.57 Å². The van der Waals surface area contributed by atoms with Crippen LogP contribution in [0.3, 0.4) is 0 Å². The van der Waals surface area contributed by atoms with Gasteiger partial charge in [-0.25, -0.2) is 0 Å². The lowest BCUT2D eigenvalue weighted by Gasteiger charge is -2.32. The zero-order chi connectivity index (χ0) is 20.2. The van der Waals surface area contributed by atoms with Gasteiger partial charge in [0, 0.05) is 17.2 Å². The van der Waals surface area contributed by atoms with E-state index in [1.807, 2.05) is 11.8 Å². The van der Waals surface area contributed by atoms with Crippen molar-refractivity contribution < 1.29 is 0 Å². The average Bonchev–Trinajstić information content (AvgIpc) is 2.97. The van der Waals surface area contributed by atoms with Crippen LogP contribution in [0.15, 0.2) is 89.8 Å². The Bertz CT molecular complexity index is 972. The zero-order valence-electron chi connectivity index (χ0n) is 17.9. The van der Waals surface area contributed by atoms with E-state index in [4.69, 9.17) is 0 Å². The number of piperidine rings is 1. The molecule has 3 aromatic carbocycles. The molecule has 0 atom stereocenters. The molecular formula is C28H30ClNS. The monoisotopic (exact) mass is 447 g/mol. The summed E-state index contributed by atoms with van der Waals surface area (Å²) < 4.78 is 0. The van der Waals surface area contributed by atoms with Crippen LogP contribution in [0.5, 0.6) is 0 Å². The SMILES string of the molecule is C(/CCN1CCC(c2ccccc2)CC1)=C1\c2ccccc2CSc2ccccc21.Cl. The Morgan fingerprint density at radius 2 is 1.48 bits per heavy atom. The maximum atomic E-state index is 2.65. The van der Waals surface area contributed by atoms with Crippen molar-refractivity contribution in [3.05, 3.63) is 107 Å². The van der Waals surface area contributed by atoms with Gasteiger partial charge in [-0.2, -0.15) is 0 Å². The van der Waals surface area contributed by atoms with Crippen molar-refractivity contribution in [2.45, 2.75) is 35.8 Å². The van der Waals surface area contributed by atoms with Crippen LogP contribution in [0.4, 0.5) is 0 Å². The van der Waals surface area contributed by atoms with Crippen LogP contribution in [0.1, 0.15) is 47.4 Å². The van der Waals surface area contributed by atoms with Gasteiger partial charge in [0.2, 0.25) is 0 Å². The van der Waals surface area contributed by atoms with Crippen LogP contribution in [-0.4, -0.2) is 24.5 Å². The normalized spacial score (nSPS) is 18.0. The minimum atomic E-state index is 0. The van der Waals surface area contributed by atoms with E-state index in [2.05, 4.69) is 89.8 Å². The van der Waals surface area contributed by atoms with Crippen LogP contribution in [0, 0.1) is 0 Å². The molecule has 0 aromatic heterocycles. The van der Waals surface area contributed by atoms with E-state index in [0.717, 1.165) is 24.6 Å². The van der Waals surface area contributed by atoms with Crippen molar-refractivity contribution in [2.24, 2.45) is 0 Å². The number of rotatable bonds is 4. The van der Waals surface area contributed by atoms with Gasteiger partial charge in [0.05, 0.1) is 0 Å². The molecule has 0 N–H and O–H groups in total. The fourth-order valence-corrected chi connectivity index (χ4v) is 5.92. The molecule has 5 rings (SSSR count). The summed E-state index contributed by atoms with van der Waals surface area (Å²) in [6.45, 7) is 3.58. The lowest BCUT2D eigenvalue weighted by atomic mass is 9.89. The van der Waals surface area contributed by atoms with Crippen molar-refractivity contribution in [3.63, 3.8) is 0 Å². The highest BCUT2D eigenvalue weighted by Gasteiger charge is 2.21. The van der Waals surface area contributed by atoms with Gasteiger partial charge in [-0.15, -0.1) is 24.2 Å². The summed E-state index contributed by atoms with van der Waals surface area (Å²) >= 11 is 1.96. The number of hydrogen-bond donors (Lipinski definition) is 0. The molecule has 3 heteroatoms. The maximum absolute atomic E-state index is 2.65. The van der Waals surface area contributed by atoms with Gasteiger partial charge in [-0.05, 0) is 72.2 Å². The van der Waals surface area contributed by atoms with Crippen molar-refractivity contribution in [1.29, 1.82) is 0 Å². The van der Waals surface area contributed by atoms with Crippen LogP contribution >= 0.6 is 24.2 Å². The second-order valence-electron chi connectivity index (χ2n) is 8.38. The fourth-order valence-electron chi connectivity index (χ4n) is 4.85. The summed E-state index contributed by atoms with van der Waals surface area (Å²) in [4.78, 5) is 4.06. The second kappa shape index (κ2) is 10.5. The first-order chi connectivity index (χ1) is 14.9. The van der Waals surface area contributed by atoms with Gasteiger partial charge < -0.3 is 4.90 Å². The third-order valence-electron chi connectivity index (χ3n) is 6.52. The van der Waals surface area contributed by atoms with Gasteiger partial charge in [-0.3, -0.25) is 0 Å². The molecule has 1 saturated heterocycles. The van der Waals surface area contributed by atoms with Gasteiger partial charge in [-0.1, -0.05) is 78.9 Å². The molecule has 1 nitrogen and oxygen atoms in total. The first kappa shape index (κ1) is 22.2. The van der Waals surface area contributed by atoms with Crippen molar-refractivity contribution >= 4 is 29.7 Å². The second-order valence-corrected chi connectivity index (χ2v) is 9.39. The summed E-state index contributed by atoms with van der Waals surface area (Å²) in [5.41, 5.74) is 7.20. The minimum absolute atomic E-state index is 0. The molecular weight excluding hydrogens is 418 g/mol. The van der Waals surface area contributed by atoms with E-state index in [1.54, 1.807) is 0 Å². The molecule has 3 aromatic rings. The molecule has 0 amide bonds. The van der Waals surface area contributed by atoms with E-state index in [0.29, 0.717) is 0 Å². The largest absolute Gasteiger partial charge is 0.303 e. The molecule has 2 aliphatic heterocycles. The van der Waals surface area contributed by atoms with Gasteiger partial charge in [0.15, 0.2) is 0 Å². The number of hydrogen-bond acceptors (Lipinski definition) is 2. The Labute approximate surface area is 197 Å². The average molecular weight is 448 g/mol. The van der Waals surface area contributed by atoms with Crippen LogP contribution in [-0.2, 0) is 5.75 Å². The summed E-state index contributed by atoms with van der Waals surface area (Å²) in [6.07, 6.45) is 6.16. The molecule has 1 fully saturated rings. The van der Waals surface area contributed by atoms with Crippen LogP contribution in [0.2, 0.25) is 0 Å². The number of benzene rings is 3. The number of thioether (sulfide) groups is 1. The van der Waals surface area contributed by atoms with Gasteiger partial charge in [0.25, 0.3) is 0 Å². The Hall–Kier alpha value is -2.00. The molecule has 0 aliphatic carbocycles. The number of fused-ring (bicyclic) bond motifs is 2. The van der Waals surface area contributed by atoms with E-state index < -0.39 is 0 Å². The van der Waals surface area contributed by atoms with Crippen molar-refractivity contribution in [2.75, 3.05) is 19.6 Å². The van der Waals surface area contributed by atoms with Gasteiger partial charge in [0.1, 0.15) is 0 Å². The van der Waals surface area contributed by atoms with Gasteiger partial charge >= 0.3 is 0 Å².